The fourth-order valence-corrected chi connectivity index (χ4v) is 1.81. The van der Waals surface area contributed by atoms with E-state index in [-0.39, 0.29) is 10.7 Å². The number of aliphatic hydroxyl groups is 1. The first-order valence-electron chi connectivity index (χ1n) is 4.97. The van der Waals surface area contributed by atoms with Crippen molar-refractivity contribution in [2.45, 2.75) is 13.0 Å². The van der Waals surface area contributed by atoms with E-state index < -0.39 is 24.5 Å². The summed E-state index contributed by atoms with van der Waals surface area (Å²) in [5.41, 5.74) is -0.370. The van der Waals surface area contributed by atoms with Crippen molar-refractivity contribution in [1.29, 1.82) is 0 Å². The molecule has 0 amide bonds. The molecule has 2 rings (SSSR count). The molecule has 0 aliphatic heterocycles. The summed E-state index contributed by atoms with van der Waals surface area (Å²) in [5.74, 6) is -0.460. The third-order valence-corrected chi connectivity index (χ3v) is 2.78. The Morgan fingerprint density at radius 3 is 2.33 bits per heavy atom. The molecular weight excluding hydrogens is 269 g/mol. The molecule has 7 heteroatoms. The van der Waals surface area contributed by atoms with Crippen LogP contribution in [-0.4, -0.2) is 14.9 Å². The van der Waals surface area contributed by atoms with E-state index in [0.29, 0.717) is 5.69 Å². The van der Waals surface area contributed by atoms with Crippen LogP contribution in [0.4, 0.5) is 13.2 Å². The summed E-state index contributed by atoms with van der Waals surface area (Å²) in [6.45, 7) is -0.639. The first-order valence-corrected chi connectivity index (χ1v) is 5.34. The second-order valence-electron chi connectivity index (χ2n) is 3.50. The number of aliphatic hydroxyl groups excluding tert-OH is 1. The standard InChI is InChI=1S/C11H8ClF3N2O/c12-10-8(5-18)9(11(14)15)16-17(10)7-3-1-6(13)2-4-7/h1-4,11,18H,5H2. The zero-order valence-corrected chi connectivity index (χ0v) is 9.70. The van der Waals surface area contributed by atoms with E-state index in [2.05, 4.69) is 5.10 Å². The van der Waals surface area contributed by atoms with E-state index in [1.807, 2.05) is 0 Å². The predicted molar refractivity (Wildman–Crippen MR) is 59.4 cm³/mol. The highest BCUT2D eigenvalue weighted by molar-refractivity contribution is 6.30. The van der Waals surface area contributed by atoms with Crippen LogP contribution in [0, 0.1) is 5.82 Å². The van der Waals surface area contributed by atoms with E-state index >= 15 is 0 Å². The Labute approximate surface area is 105 Å². The van der Waals surface area contributed by atoms with Crippen molar-refractivity contribution in [3.05, 3.63) is 46.5 Å². The monoisotopic (exact) mass is 276 g/mol. The van der Waals surface area contributed by atoms with Crippen LogP contribution in [0.5, 0.6) is 0 Å². The van der Waals surface area contributed by atoms with Gasteiger partial charge >= 0.3 is 0 Å². The average Bonchev–Trinajstić information content (AvgIpc) is 2.67. The van der Waals surface area contributed by atoms with Gasteiger partial charge in [0.15, 0.2) is 0 Å². The molecule has 0 bridgehead atoms. The smallest absolute Gasteiger partial charge is 0.282 e. The molecule has 0 atom stereocenters. The number of rotatable bonds is 3. The first kappa shape index (κ1) is 12.9. The van der Waals surface area contributed by atoms with Gasteiger partial charge in [-0.25, -0.2) is 17.9 Å². The molecule has 1 heterocycles. The number of nitrogens with zero attached hydrogens (tertiary/aromatic N) is 2. The van der Waals surface area contributed by atoms with E-state index in [9.17, 15) is 13.2 Å². The van der Waals surface area contributed by atoms with Crippen molar-refractivity contribution in [3.8, 4) is 5.69 Å². The lowest BCUT2D eigenvalue weighted by molar-refractivity contribution is 0.141. The van der Waals surface area contributed by atoms with Crippen molar-refractivity contribution in [2.24, 2.45) is 0 Å². The van der Waals surface area contributed by atoms with Gasteiger partial charge in [-0.2, -0.15) is 5.10 Å². The first-order chi connectivity index (χ1) is 8.54. The Kier molecular flexibility index (Phi) is 3.58. The summed E-state index contributed by atoms with van der Waals surface area (Å²) in [7, 11) is 0. The van der Waals surface area contributed by atoms with Crippen molar-refractivity contribution < 1.29 is 18.3 Å². The van der Waals surface area contributed by atoms with Gasteiger partial charge in [-0.05, 0) is 24.3 Å². The summed E-state index contributed by atoms with van der Waals surface area (Å²) in [5, 5.41) is 12.5. The largest absolute Gasteiger partial charge is 0.391 e. The molecule has 96 valence electrons. The fraction of sp³-hybridized carbons (Fsp3) is 0.182. The molecule has 1 aromatic carbocycles. The Morgan fingerprint density at radius 2 is 1.89 bits per heavy atom. The molecule has 3 nitrogen and oxygen atoms in total. The third kappa shape index (κ3) is 2.21. The second-order valence-corrected chi connectivity index (χ2v) is 3.86. The molecular formula is C11H8ClF3N2O. The normalized spacial score (nSPS) is 11.2. The number of hydrogen-bond acceptors (Lipinski definition) is 2. The molecule has 0 spiro atoms. The van der Waals surface area contributed by atoms with Gasteiger partial charge in [0.2, 0.25) is 0 Å². The van der Waals surface area contributed by atoms with Crippen LogP contribution in [-0.2, 0) is 6.61 Å². The zero-order chi connectivity index (χ0) is 13.3. The number of halogens is 4. The summed E-state index contributed by atoms with van der Waals surface area (Å²) < 4.78 is 39.2. The maximum atomic E-state index is 12.8. The molecule has 0 unspecified atom stereocenters. The van der Waals surface area contributed by atoms with Crippen LogP contribution >= 0.6 is 11.6 Å². The lowest BCUT2D eigenvalue weighted by atomic mass is 10.2. The number of benzene rings is 1. The van der Waals surface area contributed by atoms with Gasteiger partial charge in [-0.15, -0.1) is 0 Å². The van der Waals surface area contributed by atoms with Crippen LogP contribution in [0.1, 0.15) is 17.7 Å². The highest BCUT2D eigenvalue weighted by Crippen LogP contribution is 2.29. The SMILES string of the molecule is OCc1c(C(F)F)nn(-c2ccc(F)cc2)c1Cl. The molecule has 0 fully saturated rings. The van der Waals surface area contributed by atoms with E-state index in [1.165, 1.54) is 12.1 Å². The van der Waals surface area contributed by atoms with E-state index in [1.54, 1.807) is 0 Å². The molecule has 0 saturated heterocycles. The van der Waals surface area contributed by atoms with Crippen LogP contribution < -0.4 is 0 Å². The van der Waals surface area contributed by atoms with Crippen LogP contribution in [0.2, 0.25) is 5.15 Å². The van der Waals surface area contributed by atoms with Crippen LogP contribution in [0.15, 0.2) is 24.3 Å². The molecule has 1 N–H and O–H groups in total. The summed E-state index contributed by atoms with van der Waals surface area (Å²) in [6, 6.07) is 5.03. The number of alkyl halides is 2. The Bertz CT molecular complexity index is 554. The summed E-state index contributed by atoms with van der Waals surface area (Å²) >= 11 is 5.86. The highest BCUT2D eigenvalue weighted by Gasteiger charge is 2.23. The maximum Gasteiger partial charge on any atom is 0.282 e. The van der Waals surface area contributed by atoms with Crippen molar-refractivity contribution >= 4 is 11.6 Å². The third-order valence-electron chi connectivity index (χ3n) is 2.39. The topological polar surface area (TPSA) is 38.1 Å². The van der Waals surface area contributed by atoms with Crippen molar-refractivity contribution in [2.75, 3.05) is 0 Å². The molecule has 2 aromatic rings. The molecule has 18 heavy (non-hydrogen) atoms. The van der Waals surface area contributed by atoms with Gasteiger partial charge in [-0.1, -0.05) is 11.6 Å². The molecule has 0 radical (unpaired) electrons. The average molecular weight is 277 g/mol. The Hall–Kier alpha value is -1.53. The molecule has 0 saturated carbocycles. The Morgan fingerprint density at radius 1 is 1.28 bits per heavy atom. The van der Waals surface area contributed by atoms with Gasteiger partial charge in [0.05, 0.1) is 12.3 Å². The van der Waals surface area contributed by atoms with Gasteiger partial charge < -0.3 is 5.11 Å². The summed E-state index contributed by atoms with van der Waals surface area (Å²) in [4.78, 5) is 0. The van der Waals surface area contributed by atoms with Crippen molar-refractivity contribution in [3.63, 3.8) is 0 Å². The minimum Gasteiger partial charge on any atom is -0.391 e. The predicted octanol–water partition coefficient (Wildman–Crippen LogP) is 3.09. The Balaban J connectivity index is 2.55. The highest BCUT2D eigenvalue weighted by atomic mass is 35.5. The number of aromatic nitrogens is 2. The van der Waals surface area contributed by atoms with E-state index in [0.717, 1.165) is 16.8 Å². The second kappa shape index (κ2) is 4.99. The number of hydrogen-bond donors (Lipinski definition) is 1. The lowest BCUT2D eigenvalue weighted by Gasteiger charge is -2.02. The molecule has 0 aliphatic carbocycles. The van der Waals surface area contributed by atoms with Gasteiger partial charge in [0, 0.05) is 5.56 Å². The van der Waals surface area contributed by atoms with E-state index in [4.69, 9.17) is 16.7 Å². The lowest BCUT2D eigenvalue weighted by Crippen LogP contribution is -1.97. The van der Waals surface area contributed by atoms with Crippen LogP contribution in [0.25, 0.3) is 5.69 Å². The summed E-state index contributed by atoms with van der Waals surface area (Å²) in [6.07, 6.45) is -2.84. The van der Waals surface area contributed by atoms with Gasteiger partial charge in [0.1, 0.15) is 16.7 Å². The van der Waals surface area contributed by atoms with Gasteiger partial charge in [-0.3, -0.25) is 0 Å². The van der Waals surface area contributed by atoms with Crippen LogP contribution in [0.3, 0.4) is 0 Å². The van der Waals surface area contributed by atoms with Crippen molar-refractivity contribution in [1.82, 2.24) is 9.78 Å². The quantitative estimate of drug-likeness (QED) is 0.935. The van der Waals surface area contributed by atoms with Gasteiger partial charge in [0.25, 0.3) is 6.43 Å². The fourth-order valence-electron chi connectivity index (χ4n) is 1.52. The maximum absolute atomic E-state index is 12.8. The molecule has 1 aromatic heterocycles. The minimum atomic E-state index is -2.84. The zero-order valence-electron chi connectivity index (χ0n) is 8.95. The molecule has 0 aliphatic rings. The minimum absolute atomic E-state index is 0.112.